The minimum atomic E-state index is 0.157. The molecule has 2 aromatic heterocycles. The Morgan fingerprint density at radius 1 is 1.39 bits per heavy atom. The van der Waals surface area contributed by atoms with Gasteiger partial charge in [-0.2, -0.15) is 0 Å². The molecule has 0 fully saturated rings. The first kappa shape index (κ1) is 13.2. The highest BCUT2D eigenvalue weighted by Crippen LogP contribution is 2.27. The second-order valence-electron chi connectivity index (χ2n) is 4.27. The van der Waals surface area contributed by atoms with Crippen LogP contribution in [0.1, 0.15) is 42.7 Å². The number of rotatable bonds is 6. The first-order valence-electron chi connectivity index (χ1n) is 6.42. The number of nitrogens with one attached hydrogen (secondary N) is 1. The SMILES string of the molecule is CCCn1ccnc1C(NCC)c1scnc1C. The van der Waals surface area contributed by atoms with Crippen LogP contribution in [0, 0.1) is 6.92 Å². The van der Waals surface area contributed by atoms with E-state index in [0.717, 1.165) is 31.0 Å². The van der Waals surface area contributed by atoms with E-state index in [9.17, 15) is 0 Å². The van der Waals surface area contributed by atoms with E-state index in [2.05, 4.69) is 46.8 Å². The quantitative estimate of drug-likeness (QED) is 0.872. The van der Waals surface area contributed by atoms with Gasteiger partial charge in [-0.15, -0.1) is 11.3 Å². The summed E-state index contributed by atoms with van der Waals surface area (Å²) in [5, 5.41) is 3.51. The van der Waals surface area contributed by atoms with Crippen molar-refractivity contribution in [3.63, 3.8) is 0 Å². The Kier molecular flexibility index (Phi) is 4.49. The first-order chi connectivity index (χ1) is 8.77. The van der Waals surface area contributed by atoms with E-state index in [-0.39, 0.29) is 6.04 Å². The minimum absolute atomic E-state index is 0.157. The van der Waals surface area contributed by atoms with Gasteiger partial charge in [-0.05, 0) is 19.9 Å². The Labute approximate surface area is 112 Å². The molecule has 0 aromatic carbocycles. The van der Waals surface area contributed by atoms with Gasteiger partial charge in [-0.25, -0.2) is 9.97 Å². The number of hydrogen-bond donors (Lipinski definition) is 1. The Morgan fingerprint density at radius 3 is 2.83 bits per heavy atom. The largest absolute Gasteiger partial charge is 0.333 e. The molecule has 5 heteroatoms. The molecule has 0 aliphatic rings. The van der Waals surface area contributed by atoms with Crippen molar-refractivity contribution < 1.29 is 0 Å². The number of thiazole rings is 1. The van der Waals surface area contributed by atoms with Gasteiger partial charge in [-0.3, -0.25) is 0 Å². The maximum absolute atomic E-state index is 4.53. The standard InChI is InChI=1S/C13H20N4S/c1-4-7-17-8-6-15-13(17)11(14-5-2)12-10(3)16-9-18-12/h6,8-9,11,14H,4-5,7H2,1-3H3. The van der Waals surface area contributed by atoms with Gasteiger partial charge in [0.25, 0.3) is 0 Å². The third-order valence-corrected chi connectivity index (χ3v) is 3.92. The number of nitrogens with zero attached hydrogens (tertiary/aromatic N) is 3. The summed E-state index contributed by atoms with van der Waals surface area (Å²) in [6.07, 6.45) is 5.05. The molecule has 2 aromatic rings. The van der Waals surface area contributed by atoms with Gasteiger partial charge in [-0.1, -0.05) is 13.8 Å². The lowest BCUT2D eigenvalue weighted by Gasteiger charge is -2.18. The average molecular weight is 264 g/mol. The topological polar surface area (TPSA) is 42.7 Å². The molecule has 2 rings (SSSR count). The third kappa shape index (κ3) is 2.62. The number of aryl methyl sites for hydroxylation is 2. The van der Waals surface area contributed by atoms with Gasteiger partial charge in [0.15, 0.2) is 0 Å². The summed E-state index contributed by atoms with van der Waals surface area (Å²) in [4.78, 5) is 10.1. The lowest BCUT2D eigenvalue weighted by atomic mass is 10.2. The van der Waals surface area contributed by atoms with Crippen molar-refractivity contribution in [2.24, 2.45) is 0 Å². The molecule has 0 spiro atoms. The fourth-order valence-electron chi connectivity index (χ4n) is 2.10. The molecule has 0 saturated carbocycles. The molecule has 4 nitrogen and oxygen atoms in total. The Balaban J connectivity index is 2.35. The van der Waals surface area contributed by atoms with Crippen LogP contribution in [-0.2, 0) is 6.54 Å². The van der Waals surface area contributed by atoms with Crippen LogP contribution in [0.15, 0.2) is 17.9 Å². The molecule has 1 atom stereocenters. The number of imidazole rings is 1. The van der Waals surface area contributed by atoms with Crippen LogP contribution in [-0.4, -0.2) is 21.1 Å². The molecule has 1 N–H and O–H groups in total. The summed E-state index contributed by atoms with van der Waals surface area (Å²) in [6, 6.07) is 0.157. The molecule has 0 amide bonds. The molecule has 18 heavy (non-hydrogen) atoms. The monoisotopic (exact) mass is 264 g/mol. The van der Waals surface area contributed by atoms with Crippen molar-refractivity contribution in [3.8, 4) is 0 Å². The van der Waals surface area contributed by atoms with Gasteiger partial charge in [0.1, 0.15) is 11.9 Å². The van der Waals surface area contributed by atoms with Gasteiger partial charge in [0.05, 0.1) is 16.1 Å². The highest BCUT2D eigenvalue weighted by molar-refractivity contribution is 7.09. The predicted molar refractivity (Wildman–Crippen MR) is 74.9 cm³/mol. The fourth-order valence-corrected chi connectivity index (χ4v) is 2.98. The smallest absolute Gasteiger partial charge is 0.131 e. The van der Waals surface area contributed by atoms with Crippen molar-refractivity contribution in [3.05, 3.63) is 34.3 Å². The first-order valence-corrected chi connectivity index (χ1v) is 7.30. The lowest BCUT2D eigenvalue weighted by molar-refractivity contribution is 0.547. The van der Waals surface area contributed by atoms with Crippen LogP contribution in [0.5, 0.6) is 0 Å². The van der Waals surface area contributed by atoms with Crippen molar-refractivity contribution in [1.82, 2.24) is 19.9 Å². The van der Waals surface area contributed by atoms with E-state index in [1.165, 1.54) is 4.88 Å². The van der Waals surface area contributed by atoms with E-state index < -0.39 is 0 Å². The summed E-state index contributed by atoms with van der Waals surface area (Å²) in [6.45, 7) is 8.29. The molecule has 0 saturated heterocycles. The molecule has 2 heterocycles. The lowest BCUT2D eigenvalue weighted by Crippen LogP contribution is -2.25. The van der Waals surface area contributed by atoms with E-state index in [1.54, 1.807) is 11.3 Å². The Hall–Kier alpha value is -1.20. The summed E-state index contributed by atoms with van der Waals surface area (Å²) < 4.78 is 2.23. The zero-order valence-corrected chi connectivity index (χ0v) is 12.0. The van der Waals surface area contributed by atoms with E-state index in [1.807, 2.05) is 11.7 Å². The van der Waals surface area contributed by atoms with Gasteiger partial charge in [0, 0.05) is 18.9 Å². The highest BCUT2D eigenvalue weighted by atomic mass is 32.1. The second-order valence-corrected chi connectivity index (χ2v) is 5.16. The van der Waals surface area contributed by atoms with E-state index in [4.69, 9.17) is 0 Å². The average Bonchev–Trinajstić information content (AvgIpc) is 2.96. The van der Waals surface area contributed by atoms with Crippen LogP contribution in [0.3, 0.4) is 0 Å². The Morgan fingerprint density at radius 2 is 2.22 bits per heavy atom. The molecular formula is C13H20N4S. The van der Waals surface area contributed by atoms with Crippen molar-refractivity contribution >= 4 is 11.3 Å². The van der Waals surface area contributed by atoms with Gasteiger partial charge < -0.3 is 9.88 Å². The van der Waals surface area contributed by atoms with Crippen LogP contribution >= 0.6 is 11.3 Å². The fraction of sp³-hybridized carbons (Fsp3) is 0.538. The van der Waals surface area contributed by atoms with Gasteiger partial charge in [0.2, 0.25) is 0 Å². The number of aromatic nitrogens is 3. The summed E-state index contributed by atoms with van der Waals surface area (Å²) in [5.41, 5.74) is 3.00. The molecule has 0 radical (unpaired) electrons. The molecule has 98 valence electrons. The minimum Gasteiger partial charge on any atom is -0.333 e. The zero-order valence-electron chi connectivity index (χ0n) is 11.2. The number of hydrogen-bond acceptors (Lipinski definition) is 4. The zero-order chi connectivity index (χ0) is 13.0. The molecule has 0 bridgehead atoms. The predicted octanol–water partition coefficient (Wildman–Crippen LogP) is 2.76. The van der Waals surface area contributed by atoms with Crippen LogP contribution in [0.2, 0.25) is 0 Å². The molecule has 0 aliphatic heterocycles. The summed E-state index contributed by atoms with van der Waals surface area (Å²) in [5.74, 6) is 1.09. The van der Waals surface area contributed by atoms with Crippen LogP contribution in [0.25, 0.3) is 0 Å². The third-order valence-electron chi connectivity index (χ3n) is 2.92. The van der Waals surface area contributed by atoms with Crippen LogP contribution < -0.4 is 5.32 Å². The maximum Gasteiger partial charge on any atom is 0.131 e. The van der Waals surface area contributed by atoms with Crippen molar-refractivity contribution in [2.75, 3.05) is 6.54 Å². The van der Waals surface area contributed by atoms with Crippen molar-refractivity contribution in [1.29, 1.82) is 0 Å². The van der Waals surface area contributed by atoms with E-state index >= 15 is 0 Å². The van der Waals surface area contributed by atoms with Crippen molar-refractivity contribution in [2.45, 2.75) is 39.8 Å². The summed E-state index contributed by atoms with van der Waals surface area (Å²) >= 11 is 1.70. The summed E-state index contributed by atoms with van der Waals surface area (Å²) in [7, 11) is 0. The van der Waals surface area contributed by atoms with Crippen LogP contribution in [0.4, 0.5) is 0 Å². The molecule has 1 unspecified atom stereocenters. The van der Waals surface area contributed by atoms with Gasteiger partial charge >= 0.3 is 0 Å². The molecular weight excluding hydrogens is 244 g/mol. The second kappa shape index (κ2) is 6.11. The normalized spacial score (nSPS) is 12.8. The Bertz CT molecular complexity index is 489. The highest BCUT2D eigenvalue weighted by Gasteiger charge is 2.21. The maximum atomic E-state index is 4.53. The molecule has 0 aliphatic carbocycles. The van der Waals surface area contributed by atoms with E-state index in [0.29, 0.717) is 0 Å².